The Morgan fingerprint density at radius 1 is 1.19 bits per heavy atom. The molecule has 37 heavy (non-hydrogen) atoms. The fourth-order valence-corrected chi connectivity index (χ4v) is 6.11. The molecule has 2 fully saturated rings. The van der Waals surface area contributed by atoms with Crippen LogP contribution in [-0.2, 0) is 19.0 Å². The molecule has 2 aromatic rings. The molecule has 0 radical (unpaired) electrons. The molecule has 0 unspecified atom stereocenters. The second-order valence-electron chi connectivity index (χ2n) is 10.0. The summed E-state index contributed by atoms with van der Waals surface area (Å²) in [4.78, 5) is 31.7. The maximum atomic E-state index is 13.1. The largest absolute Gasteiger partial charge is 0.508 e. The number of phenols is 1. The topological polar surface area (TPSA) is 109 Å². The van der Waals surface area contributed by atoms with Crippen molar-refractivity contribution in [3.05, 3.63) is 71.1 Å². The molecule has 4 atom stereocenters. The van der Waals surface area contributed by atoms with Gasteiger partial charge in [-0.15, -0.1) is 0 Å². The molecule has 3 aliphatic rings. The number of amides is 2. The van der Waals surface area contributed by atoms with E-state index in [-0.39, 0.29) is 29.8 Å². The van der Waals surface area contributed by atoms with Crippen molar-refractivity contribution in [3.63, 3.8) is 0 Å². The van der Waals surface area contributed by atoms with Gasteiger partial charge in [-0.1, -0.05) is 18.2 Å². The number of phenolic OH excluding ortho intramolecular Hbond substituents is 1. The number of rotatable bonds is 7. The van der Waals surface area contributed by atoms with Crippen LogP contribution in [0.4, 0.5) is 0 Å². The number of benzene rings is 1. The zero-order valence-corrected chi connectivity index (χ0v) is 21.0. The van der Waals surface area contributed by atoms with Crippen molar-refractivity contribution in [1.82, 2.24) is 9.88 Å². The molecule has 0 saturated carbocycles. The standard InChI is InChI=1S/C28H31BN2O6/c1-31-27(33)21-14-19(16-36-2)25-22(26(21)28(31)34)15-29(35)37-24(25)11-8-18(23-5-3-4-12-30-23)13-17-6-9-20(32)10-7-17/h3-7,9-10,12-13,21-22,24,26,32,35H,8,11,14-16H2,1-2H3/b18-13-/t21-,22+,24-,26-/m1/s1. The Morgan fingerprint density at radius 3 is 2.68 bits per heavy atom. The van der Waals surface area contributed by atoms with Gasteiger partial charge in [0.2, 0.25) is 11.8 Å². The lowest BCUT2D eigenvalue weighted by Crippen LogP contribution is -2.46. The van der Waals surface area contributed by atoms with Gasteiger partial charge in [-0.2, -0.15) is 0 Å². The number of pyridine rings is 1. The predicted molar refractivity (Wildman–Crippen MR) is 139 cm³/mol. The molecule has 5 rings (SSSR count). The first-order valence-corrected chi connectivity index (χ1v) is 12.6. The van der Waals surface area contributed by atoms with Crippen LogP contribution in [0.2, 0.25) is 6.32 Å². The van der Waals surface area contributed by atoms with E-state index in [0.717, 1.165) is 28.0 Å². The van der Waals surface area contributed by atoms with Gasteiger partial charge in [-0.3, -0.25) is 19.5 Å². The minimum Gasteiger partial charge on any atom is -0.508 e. The minimum atomic E-state index is -1.02. The van der Waals surface area contributed by atoms with Crippen LogP contribution < -0.4 is 0 Å². The van der Waals surface area contributed by atoms with Crippen molar-refractivity contribution in [3.8, 4) is 5.75 Å². The first-order chi connectivity index (χ1) is 17.9. The fourth-order valence-electron chi connectivity index (χ4n) is 6.11. The Hall–Kier alpha value is -3.27. The van der Waals surface area contributed by atoms with Gasteiger partial charge in [0.1, 0.15) is 5.75 Å². The molecule has 1 aromatic carbocycles. The summed E-state index contributed by atoms with van der Waals surface area (Å²) in [6.07, 6.45) is 5.28. The lowest BCUT2D eigenvalue weighted by atomic mass is 9.58. The van der Waals surface area contributed by atoms with E-state index >= 15 is 0 Å². The Kier molecular flexibility index (Phi) is 7.28. The van der Waals surface area contributed by atoms with Crippen LogP contribution in [0.1, 0.15) is 30.5 Å². The summed E-state index contributed by atoms with van der Waals surface area (Å²) in [6.45, 7) is 0.354. The summed E-state index contributed by atoms with van der Waals surface area (Å²) in [7, 11) is 2.14. The molecule has 2 N–H and O–H groups in total. The molecule has 9 heteroatoms. The van der Waals surface area contributed by atoms with Gasteiger partial charge in [-0.05, 0) is 84.1 Å². The average Bonchev–Trinajstić information content (AvgIpc) is 3.11. The fraction of sp³-hybridized carbons (Fsp3) is 0.393. The van der Waals surface area contributed by atoms with Crippen molar-refractivity contribution in [1.29, 1.82) is 0 Å². The number of fused-ring (bicyclic) bond motifs is 3. The van der Waals surface area contributed by atoms with E-state index in [1.54, 1.807) is 32.5 Å². The number of aromatic hydroxyl groups is 1. The second kappa shape index (κ2) is 10.6. The van der Waals surface area contributed by atoms with Crippen LogP contribution in [0.5, 0.6) is 5.75 Å². The number of methoxy groups -OCH3 is 1. The van der Waals surface area contributed by atoms with Crippen LogP contribution >= 0.6 is 0 Å². The molecule has 192 valence electrons. The van der Waals surface area contributed by atoms with E-state index < -0.39 is 25.1 Å². The van der Waals surface area contributed by atoms with E-state index in [1.165, 1.54) is 4.90 Å². The van der Waals surface area contributed by atoms with Gasteiger partial charge < -0.3 is 19.5 Å². The van der Waals surface area contributed by atoms with Crippen molar-refractivity contribution >= 4 is 30.6 Å². The first-order valence-electron chi connectivity index (χ1n) is 12.6. The number of aromatic nitrogens is 1. The van der Waals surface area contributed by atoms with Gasteiger partial charge in [0.25, 0.3) is 0 Å². The molecule has 1 aromatic heterocycles. The van der Waals surface area contributed by atoms with Crippen LogP contribution in [0.25, 0.3) is 11.6 Å². The number of hydrogen-bond donors (Lipinski definition) is 2. The Bertz CT molecular complexity index is 1230. The van der Waals surface area contributed by atoms with Crippen molar-refractivity contribution in [2.45, 2.75) is 31.7 Å². The SMILES string of the molecule is COCC1=C2[C@@H](CC/C(=C/c3ccc(O)cc3)c3ccccn3)OB(O)C[C@@H]2[C@@H]2C(=O)N(C)C(=O)[C@@H]2C1. The van der Waals surface area contributed by atoms with Crippen LogP contribution in [-0.4, -0.2) is 65.8 Å². The molecule has 0 bridgehead atoms. The highest BCUT2D eigenvalue weighted by molar-refractivity contribution is 6.43. The molecule has 2 saturated heterocycles. The van der Waals surface area contributed by atoms with Crippen molar-refractivity contribution in [2.24, 2.45) is 17.8 Å². The monoisotopic (exact) mass is 502 g/mol. The third kappa shape index (κ3) is 4.99. The van der Waals surface area contributed by atoms with Crippen LogP contribution in [0, 0.1) is 17.8 Å². The predicted octanol–water partition coefficient (Wildman–Crippen LogP) is 3.18. The molecule has 2 amide bonds. The number of nitrogens with zero attached hydrogens (tertiary/aromatic N) is 2. The zero-order chi connectivity index (χ0) is 26.1. The number of hydrogen-bond acceptors (Lipinski definition) is 7. The average molecular weight is 502 g/mol. The number of carbonyl (C=O) groups is 2. The van der Waals surface area contributed by atoms with Gasteiger partial charge >= 0.3 is 7.12 Å². The second-order valence-corrected chi connectivity index (χ2v) is 10.0. The Morgan fingerprint density at radius 2 is 1.97 bits per heavy atom. The normalized spacial score (nSPS) is 26.0. The summed E-state index contributed by atoms with van der Waals surface area (Å²) in [6, 6.07) is 12.7. The highest BCUT2D eigenvalue weighted by atomic mass is 16.5. The summed E-state index contributed by atoms with van der Waals surface area (Å²) in [5.41, 5.74) is 4.73. The number of ether oxygens (including phenoxy) is 1. The van der Waals surface area contributed by atoms with Gasteiger partial charge in [-0.25, -0.2) is 0 Å². The van der Waals surface area contributed by atoms with Crippen molar-refractivity contribution in [2.75, 3.05) is 20.8 Å². The van der Waals surface area contributed by atoms with Gasteiger partial charge in [0.05, 0.1) is 30.2 Å². The smallest absolute Gasteiger partial charge is 0.455 e. The summed E-state index contributed by atoms with van der Waals surface area (Å²) < 4.78 is 11.6. The Balaban J connectivity index is 1.47. The third-order valence-electron chi connectivity index (χ3n) is 7.75. The first kappa shape index (κ1) is 25.4. The highest BCUT2D eigenvalue weighted by Gasteiger charge is 2.56. The number of allylic oxidation sites excluding steroid dienone is 1. The lowest BCUT2D eigenvalue weighted by Gasteiger charge is -2.43. The maximum absolute atomic E-state index is 13.1. The molecule has 8 nitrogen and oxygen atoms in total. The molecule has 3 heterocycles. The van der Waals surface area contributed by atoms with E-state index in [0.29, 0.717) is 25.9 Å². The quantitative estimate of drug-likeness (QED) is 0.340. The maximum Gasteiger partial charge on any atom is 0.455 e. The van der Waals surface area contributed by atoms with Crippen LogP contribution in [0.3, 0.4) is 0 Å². The molecule has 0 spiro atoms. The summed E-state index contributed by atoms with van der Waals surface area (Å²) in [5, 5.41) is 20.3. The van der Waals surface area contributed by atoms with Gasteiger partial charge in [0.15, 0.2) is 0 Å². The molecular weight excluding hydrogens is 471 g/mol. The molecule has 1 aliphatic carbocycles. The lowest BCUT2D eigenvalue weighted by molar-refractivity contribution is -0.138. The zero-order valence-electron chi connectivity index (χ0n) is 21.0. The van der Waals surface area contributed by atoms with E-state index in [2.05, 4.69) is 4.98 Å². The third-order valence-corrected chi connectivity index (χ3v) is 7.75. The number of imide groups is 1. The molecule has 2 aliphatic heterocycles. The van der Waals surface area contributed by atoms with E-state index in [1.807, 2.05) is 36.4 Å². The highest BCUT2D eigenvalue weighted by Crippen LogP contribution is 2.50. The summed E-state index contributed by atoms with van der Waals surface area (Å²) >= 11 is 0. The van der Waals surface area contributed by atoms with E-state index in [9.17, 15) is 19.7 Å². The Labute approximate surface area is 216 Å². The summed E-state index contributed by atoms with van der Waals surface area (Å²) in [5.74, 6) is -1.29. The minimum absolute atomic E-state index is 0.158. The van der Waals surface area contributed by atoms with Crippen molar-refractivity contribution < 1.29 is 29.1 Å². The van der Waals surface area contributed by atoms with E-state index in [4.69, 9.17) is 9.39 Å². The van der Waals surface area contributed by atoms with Gasteiger partial charge in [0, 0.05) is 20.4 Å². The number of carbonyl (C=O) groups excluding carboxylic acids is 2. The van der Waals surface area contributed by atoms with Crippen LogP contribution in [0.15, 0.2) is 59.8 Å². The molecular formula is C28H31BN2O6. The number of likely N-dealkylation sites (tertiary alicyclic amines) is 1.